The summed E-state index contributed by atoms with van der Waals surface area (Å²) in [6.45, 7) is 5.97. The largest absolute Gasteiger partial charge is 0.459 e. The van der Waals surface area contributed by atoms with E-state index in [-0.39, 0.29) is 23.8 Å². The molecular formula is C15H22N2O4. The van der Waals surface area contributed by atoms with Gasteiger partial charge in [0.25, 0.3) is 5.91 Å². The zero-order valence-electron chi connectivity index (χ0n) is 12.9. The molecule has 0 bridgehead atoms. The van der Waals surface area contributed by atoms with Crippen LogP contribution in [0.15, 0.2) is 24.3 Å². The molecule has 116 valence electrons. The molecule has 0 saturated heterocycles. The highest BCUT2D eigenvalue weighted by atomic mass is 16.5. The number of benzene rings is 1. The number of nitrogens with one attached hydrogen (secondary N) is 2. The third-order valence-corrected chi connectivity index (χ3v) is 2.11. The number of esters is 1. The molecule has 0 fully saturated rings. The van der Waals surface area contributed by atoms with Crippen molar-refractivity contribution in [2.24, 2.45) is 0 Å². The summed E-state index contributed by atoms with van der Waals surface area (Å²) in [5.41, 5.74) is 0.535. The van der Waals surface area contributed by atoms with Gasteiger partial charge in [0, 0.05) is 7.05 Å². The van der Waals surface area contributed by atoms with E-state index in [1.165, 1.54) is 19.5 Å². The Morgan fingerprint density at radius 2 is 1.67 bits per heavy atom. The van der Waals surface area contributed by atoms with Crippen molar-refractivity contribution >= 4 is 23.5 Å². The third-order valence-electron chi connectivity index (χ3n) is 2.11. The van der Waals surface area contributed by atoms with Crippen LogP contribution in [0.25, 0.3) is 0 Å². The molecule has 6 heteroatoms. The van der Waals surface area contributed by atoms with Gasteiger partial charge in [-0.25, -0.2) is 4.79 Å². The average molecular weight is 294 g/mol. The molecule has 0 aliphatic rings. The Balaban J connectivity index is 0.00000122. The lowest BCUT2D eigenvalue weighted by Crippen LogP contribution is -2.27. The lowest BCUT2D eigenvalue weighted by molar-refractivity contribution is -0.152. The molecule has 0 saturated carbocycles. The summed E-state index contributed by atoms with van der Waals surface area (Å²) in [4.78, 5) is 34.1. The lowest BCUT2D eigenvalue weighted by Gasteiger charge is -2.09. The molecule has 6 nitrogen and oxygen atoms in total. The molecular weight excluding hydrogens is 272 g/mol. The molecule has 21 heavy (non-hydrogen) atoms. The van der Waals surface area contributed by atoms with Gasteiger partial charge in [-0.2, -0.15) is 0 Å². The number of hydrogen-bond acceptors (Lipinski definition) is 4. The van der Waals surface area contributed by atoms with Crippen LogP contribution in [0, 0.1) is 0 Å². The molecule has 0 unspecified atom stereocenters. The number of carbonyl (C=O) groups is 3. The van der Waals surface area contributed by atoms with Crippen molar-refractivity contribution in [2.75, 3.05) is 19.0 Å². The van der Waals surface area contributed by atoms with Crippen LogP contribution < -0.4 is 10.6 Å². The van der Waals surface area contributed by atoms with E-state index in [2.05, 4.69) is 29.2 Å². The number of para-hydroxylation sites is 1. The fraction of sp³-hybridized carbons (Fsp3) is 0.400. The Morgan fingerprint density at radius 1 is 1.10 bits per heavy atom. The van der Waals surface area contributed by atoms with E-state index in [4.69, 9.17) is 0 Å². The number of carbonyl (C=O) groups excluding carboxylic acids is 3. The molecule has 2 N–H and O–H groups in total. The van der Waals surface area contributed by atoms with E-state index in [1.807, 2.05) is 0 Å². The van der Waals surface area contributed by atoms with Gasteiger partial charge in [0.05, 0.1) is 17.9 Å². The lowest BCUT2D eigenvalue weighted by atomic mass is 10.1. The first-order valence-electron chi connectivity index (χ1n) is 6.80. The van der Waals surface area contributed by atoms with Gasteiger partial charge in [-0.15, -0.1) is 0 Å². The van der Waals surface area contributed by atoms with E-state index in [1.54, 1.807) is 25.1 Å². The van der Waals surface area contributed by atoms with Crippen molar-refractivity contribution in [3.8, 4) is 0 Å². The third kappa shape index (κ3) is 6.56. The van der Waals surface area contributed by atoms with E-state index >= 15 is 0 Å². The second kappa shape index (κ2) is 10.4. The van der Waals surface area contributed by atoms with Crippen LogP contribution in [-0.4, -0.2) is 31.4 Å². The van der Waals surface area contributed by atoms with Gasteiger partial charge in [0.15, 0.2) is 0 Å². The molecule has 1 rings (SSSR count). The van der Waals surface area contributed by atoms with Gasteiger partial charge < -0.3 is 15.4 Å². The molecule has 2 amide bonds. The Labute approximate surface area is 124 Å². The van der Waals surface area contributed by atoms with E-state index in [0.29, 0.717) is 0 Å². The fourth-order valence-corrected chi connectivity index (χ4v) is 1.29. The molecule has 0 aromatic heterocycles. The topological polar surface area (TPSA) is 84.5 Å². The highest BCUT2D eigenvalue weighted by Gasteiger charge is 2.17. The predicted molar refractivity (Wildman–Crippen MR) is 81.1 cm³/mol. The summed E-state index contributed by atoms with van der Waals surface area (Å²) in [5.74, 6) is -2.24. The van der Waals surface area contributed by atoms with E-state index in [9.17, 15) is 14.4 Å². The highest BCUT2D eigenvalue weighted by molar-refractivity contribution is 6.37. The van der Waals surface area contributed by atoms with Gasteiger partial charge in [0.2, 0.25) is 0 Å². The van der Waals surface area contributed by atoms with Crippen molar-refractivity contribution in [1.82, 2.24) is 5.32 Å². The summed E-state index contributed by atoms with van der Waals surface area (Å²) in [5, 5.41) is 4.78. The maximum absolute atomic E-state index is 11.5. The first-order valence-corrected chi connectivity index (χ1v) is 6.80. The molecule has 1 aromatic carbocycles. The van der Waals surface area contributed by atoms with Gasteiger partial charge in [-0.1, -0.05) is 32.4 Å². The van der Waals surface area contributed by atoms with Crippen LogP contribution >= 0.6 is 0 Å². The second-order valence-electron chi connectivity index (χ2n) is 4.01. The Bertz CT molecular complexity index is 486. The van der Waals surface area contributed by atoms with E-state index < -0.39 is 11.9 Å². The maximum atomic E-state index is 11.5. The molecule has 0 atom stereocenters. The van der Waals surface area contributed by atoms with Crippen LogP contribution in [0.3, 0.4) is 0 Å². The van der Waals surface area contributed by atoms with E-state index in [0.717, 1.165) is 0 Å². The zero-order chi connectivity index (χ0) is 16.3. The SMILES string of the molecule is CCC.CCOC(=O)C(=O)Nc1ccccc1C(=O)NC. The Hall–Kier alpha value is -2.37. The summed E-state index contributed by atoms with van der Waals surface area (Å²) in [6.07, 6.45) is 1.25. The van der Waals surface area contributed by atoms with Crippen LogP contribution in [0.4, 0.5) is 5.69 Å². The number of amides is 2. The highest BCUT2D eigenvalue weighted by Crippen LogP contribution is 2.14. The molecule has 0 aliphatic heterocycles. The average Bonchev–Trinajstić information content (AvgIpc) is 2.48. The summed E-state index contributed by atoms with van der Waals surface area (Å²) < 4.78 is 4.55. The maximum Gasteiger partial charge on any atom is 0.397 e. The zero-order valence-corrected chi connectivity index (χ0v) is 12.9. The standard InChI is InChI=1S/C12H14N2O4.C3H8/c1-3-18-12(17)11(16)14-9-7-5-4-6-8(9)10(15)13-2;1-3-2/h4-7H,3H2,1-2H3,(H,13,15)(H,14,16);3H2,1-2H3. The van der Waals surface area contributed by atoms with Gasteiger partial charge in [0.1, 0.15) is 0 Å². The first kappa shape index (κ1) is 18.6. The minimum atomic E-state index is -0.982. The smallest absolute Gasteiger partial charge is 0.397 e. The van der Waals surface area contributed by atoms with Crippen LogP contribution in [0.2, 0.25) is 0 Å². The quantitative estimate of drug-likeness (QED) is 0.659. The molecule has 0 heterocycles. The normalized spacial score (nSPS) is 8.95. The number of hydrogen-bond donors (Lipinski definition) is 2. The van der Waals surface area contributed by atoms with Crippen molar-refractivity contribution in [3.05, 3.63) is 29.8 Å². The molecule has 0 aliphatic carbocycles. The number of rotatable bonds is 3. The van der Waals surface area contributed by atoms with Crippen LogP contribution in [0.1, 0.15) is 37.6 Å². The predicted octanol–water partition coefficient (Wildman–Crippen LogP) is 1.96. The molecule has 1 aromatic rings. The fourth-order valence-electron chi connectivity index (χ4n) is 1.29. The summed E-state index contributed by atoms with van der Waals surface area (Å²) in [7, 11) is 1.48. The first-order chi connectivity index (χ1) is 10.0. The number of ether oxygens (including phenoxy) is 1. The number of anilines is 1. The molecule has 0 radical (unpaired) electrons. The van der Waals surface area contributed by atoms with Crippen molar-refractivity contribution in [3.63, 3.8) is 0 Å². The minimum absolute atomic E-state index is 0.114. The monoisotopic (exact) mass is 294 g/mol. The second-order valence-corrected chi connectivity index (χ2v) is 4.01. The van der Waals surface area contributed by atoms with Crippen LogP contribution in [0.5, 0.6) is 0 Å². The Kier molecular flexibility index (Phi) is 9.25. The van der Waals surface area contributed by atoms with Gasteiger partial charge in [-0.3, -0.25) is 9.59 Å². The minimum Gasteiger partial charge on any atom is -0.459 e. The molecule has 0 spiro atoms. The van der Waals surface area contributed by atoms with Crippen molar-refractivity contribution < 1.29 is 19.1 Å². The van der Waals surface area contributed by atoms with Gasteiger partial charge in [-0.05, 0) is 19.1 Å². The summed E-state index contributed by atoms with van der Waals surface area (Å²) in [6, 6.07) is 6.37. The summed E-state index contributed by atoms with van der Waals surface area (Å²) >= 11 is 0. The van der Waals surface area contributed by atoms with Crippen LogP contribution in [-0.2, 0) is 14.3 Å². The van der Waals surface area contributed by atoms with Crippen molar-refractivity contribution in [2.45, 2.75) is 27.2 Å². The van der Waals surface area contributed by atoms with Crippen molar-refractivity contribution in [1.29, 1.82) is 0 Å². The Morgan fingerprint density at radius 3 is 2.19 bits per heavy atom. The van der Waals surface area contributed by atoms with Gasteiger partial charge >= 0.3 is 11.9 Å².